The van der Waals surface area contributed by atoms with E-state index in [1.165, 1.54) is 0 Å². The van der Waals surface area contributed by atoms with Gasteiger partial charge in [-0.15, -0.1) is 0 Å². The zero-order valence-corrected chi connectivity index (χ0v) is 5.64. The van der Waals surface area contributed by atoms with Gasteiger partial charge in [0.05, 0.1) is 13.2 Å². The van der Waals surface area contributed by atoms with Crippen LogP contribution in [-0.2, 0) is 9.47 Å². The summed E-state index contributed by atoms with van der Waals surface area (Å²) in [5.41, 5.74) is 0. The van der Waals surface area contributed by atoms with Crippen LogP contribution in [0.5, 0.6) is 0 Å². The van der Waals surface area contributed by atoms with Crippen molar-refractivity contribution in [1.29, 1.82) is 0 Å². The van der Waals surface area contributed by atoms with E-state index in [2.05, 4.69) is 6.82 Å². The first-order valence-corrected chi connectivity index (χ1v) is 2.98. The number of methoxy groups -OCH3 is 1. The number of hydrogen-bond acceptors (Lipinski definition) is 2. The molecular weight excluding hydrogens is 103 g/mol. The molecule has 0 N–H and O–H groups in total. The first-order valence-electron chi connectivity index (χ1n) is 2.98. The minimum Gasteiger partial charge on any atom is -0.388 e. The fourth-order valence-corrected chi connectivity index (χ4v) is 0.389. The molecule has 0 aromatic carbocycles. The summed E-state index contributed by atoms with van der Waals surface area (Å²) in [6, 6.07) is 0. The van der Waals surface area contributed by atoms with Gasteiger partial charge in [0.15, 0.2) is 0 Å². The molecule has 3 heteroatoms. The quantitative estimate of drug-likeness (QED) is 0.374. The number of ether oxygens (including phenoxy) is 2. The van der Waals surface area contributed by atoms with Crippen molar-refractivity contribution in [2.24, 2.45) is 0 Å². The topological polar surface area (TPSA) is 18.5 Å². The fourth-order valence-electron chi connectivity index (χ4n) is 0.389. The van der Waals surface area contributed by atoms with Gasteiger partial charge in [-0.05, 0) is 0 Å². The fraction of sp³-hybridized carbons (Fsp3) is 1.00. The lowest BCUT2D eigenvalue weighted by Crippen LogP contribution is -2.05. The van der Waals surface area contributed by atoms with E-state index in [0.717, 1.165) is 20.4 Å². The molecule has 0 aliphatic heterocycles. The van der Waals surface area contributed by atoms with Gasteiger partial charge in [0.2, 0.25) is 0 Å². The van der Waals surface area contributed by atoms with Crippen LogP contribution in [0.4, 0.5) is 0 Å². The summed E-state index contributed by atoms with van der Waals surface area (Å²) < 4.78 is 9.86. The van der Waals surface area contributed by atoms with E-state index < -0.39 is 0 Å². The average molecular weight is 116 g/mol. The van der Waals surface area contributed by atoms with Gasteiger partial charge in [-0.25, -0.2) is 0 Å². The highest BCUT2D eigenvalue weighted by molar-refractivity contribution is 6.33. The zero-order valence-electron chi connectivity index (χ0n) is 5.64. The highest BCUT2D eigenvalue weighted by Crippen LogP contribution is 1.72. The van der Waals surface area contributed by atoms with Gasteiger partial charge in [-0.1, -0.05) is 6.82 Å². The van der Waals surface area contributed by atoms with Gasteiger partial charge in [0, 0.05) is 13.6 Å². The second kappa shape index (κ2) is 6.98. The third-order valence-electron chi connectivity index (χ3n) is 0.780. The average Bonchev–Trinajstić information content (AvgIpc) is 1.81. The minimum absolute atomic E-state index is 0.708. The van der Waals surface area contributed by atoms with Gasteiger partial charge < -0.3 is 9.47 Å². The molecule has 0 atom stereocenters. The largest absolute Gasteiger partial charge is 0.388 e. The summed E-state index contributed by atoms with van der Waals surface area (Å²) in [4.78, 5) is 0. The Kier molecular flexibility index (Phi) is 6.97. The molecule has 0 spiro atoms. The van der Waals surface area contributed by atoms with Crippen LogP contribution < -0.4 is 0 Å². The van der Waals surface area contributed by atoms with Crippen molar-refractivity contribution in [2.45, 2.75) is 6.82 Å². The van der Waals surface area contributed by atoms with E-state index in [4.69, 9.17) is 9.47 Å². The Bertz CT molecular complexity index is 35.4. The molecule has 0 rings (SSSR count). The Morgan fingerprint density at radius 2 is 2.12 bits per heavy atom. The van der Waals surface area contributed by atoms with Crippen LogP contribution in [0.3, 0.4) is 0 Å². The molecule has 0 aliphatic carbocycles. The molecule has 0 amide bonds. The van der Waals surface area contributed by atoms with Crippen molar-refractivity contribution in [3.05, 3.63) is 0 Å². The molecule has 0 saturated carbocycles. The standard InChI is InChI=1S/C5H13BO2/c1-6-5-8-4-3-7-2/h6H,3-5H2,1-2H3. The van der Waals surface area contributed by atoms with E-state index in [1.54, 1.807) is 7.11 Å². The summed E-state index contributed by atoms with van der Waals surface area (Å²) in [5.74, 6) is 0. The lowest BCUT2D eigenvalue weighted by atomic mass is 9.85. The summed E-state index contributed by atoms with van der Waals surface area (Å²) in [6.45, 7) is 4.38. The molecule has 2 nitrogen and oxygen atoms in total. The van der Waals surface area contributed by atoms with E-state index in [9.17, 15) is 0 Å². The molecular formula is C5H13BO2. The Morgan fingerprint density at radius 1 is 1.38 bits per heavy atom. The summed E-state index contributed by atoms with van der Waals surface area (Å²) in [6.07, 6.45) is 0. The first kappa shape index (κ1) is 7.98. The highest BCUT2D eigenvalue weighted by Gasteiger charge is 1.83. The zero-order chi connectivity index (χ0) is 6.24. The monoisotopic (exact) mass is 116 g/mol. The molecule has 0 aromatic heterocycles. The Balaban J connectivity index is 2.53. The van der Waals surface area contributed by atoms with E-state index in [1.807, 2.05) is 0 Å². The number of rotatable bonds is 5. The van der Waals surface area contributed by atoms with Crippen LogP contribution >= 0.6 is 0 Å². The summed E-state index contributed by atoms with van der Waals surface area (Å²) >= 11 is 0. The van der Waals surface area contributed by atoms with Crippen molar-refractivity contribution in [1.82, 2.24) is 0 Å². The predicted molar refractivity (Wildman–Crippen MR) is 35.7 cm³/mol. The molecule has 0 aromatic rings. The van der Waals surface area contributed by atoms with E-state index in [0.29, 0.717) is 6.61 Å². The van der Waals surface area contributed by atoms with Gasteiger partial charge in [-0.2, -0.15) is 0 Å². The molecule has 48 valence electrons. The van der Waals surface area contributed by atoms with E-state index >= 15 is 0 Å². The number of hydrogen-bond donors (Lipinski definition) is 0. The van der Waals surface area contributed by atoms with E-state index in [-0.39, 0.29) is 0 Å². The van der Waals surface area contributed by atoms with Gasteiger partial charge >= 0.3 is 0 Å². The predicted octanol–water partition coefficient (Wildman–Crippen LogP) is 0.0915. The van der Waals surface area contributed by atoms with Crippen molar-refractivity contribution >= 4 is 7.28 Å². The lowest BCUT2D eigenvalue weighted by molar-refractivity contribution is 0.0926. The van der Waals surface area contributed by atoms with Crippen molar-refractivity contribution in [3.8, 4) is 0 Å². The lowest BCUT2D eigenvalue weighted by Gasteiger charge is -1.98. The van der Waals surface area contributed by atoms with Gasteiger partial charge in [-0.3, -0.25) is 0 Å². The second-order valence-corrected chi connectivity index (χ2v) is 1.61. The van der Waals surface area contributed by atoms with Crippen LogP contribution in [-0.4, -0.2) is 34.1 Å². The first-order chi connectivity index (χ1) is 3.91. The van der Waals surface area contributed by atoms with Crippen molar-refractivity contribution in [3.63, 3.8) is 0 Å². The summed E-state index contributed by atoms with van der Waals surface area (Å²) in [5, 5.41) is 0. The summed E-state index contributed by atoms with van der Waals surface area (Å²) in [7, 11) is 2.76. The minimum atomic E-state index is 0.708. The molecule has 8 heavy (non-hydrogen) atoms. The van der Waals surface area contributed by atoms with Crippen molar-refractivity contribution < 1.29 is 9.47 Å². The van der Waals surface area contributed by atoms with Gasteiger partial charge in [0.25, 0.3) is 0 Å². The van der Waals surface area contributed by atoms with Crippen LogP contribution in [0.1, 0.15) is 0 Å². The van der Waals surface area contributed by atoms with Crippen LogP contribution in [0, 0.1) is 0 Å². The molecule has 0 aliphatic rings. The molecule has 0 unspecified atom stereocenters. The molecule has 0 bridgehead atoms. The Hall–Kier alpha value is -0.0151. The third kappa shape index (κ3) is 5.98. The van der Waals surface area contributed by atoms with Crippen LogP contribution in [0.2, 0.25) is 6.82 Å². The maximum atomic E-state index is 5.10. The third-order valence-corrected chi connectivity index (χ3v) is 0.780. The highest BCUT2D eigenvalue weighted by atomic mass is 16.5. The Labute approximate surface area is 51.4 Å². The molecule has 0 radical (unpaired) electrons. The van der Waals surface area contributed by atoms with Crippen LogP contribution in [0.25, 0.3) is 0 Å². The Morgan fingerprint density at radius 3 is 2.62 bits per heavy atom. The molecule has 0 fully saturated rings. The van der Waals surface area contributed by atoms with Gasteiger partial charge in [0.1, 0.15) is 7.28 Å². The smallest absolute Gasteiger partial charge is 0.150 e. The molecule has 0 saturated heterocycles. The van der Waals surface area contributed by atoms with Crippen molar-refractivity contribution in [2.75, 3.05) is 26.8 Å². The SMILES string of the molecule is CBCOCCOC. The molecule has 0 heterocycles. The normalized spacial score (nSPS) is 9.25. The van der Waals surface area contributed by atoms with Crippen LogP contribution in [0.15, 0.2) is 0 Å². The second-order valence-electron chi connectivity index (χ2n) is 1.61. The maximum absolute atomic E-state index is 5.10. The maximum Gasteiger partial charge on any atom is 0.150 e.